The number of amidine groups is 1. The van der Waals surface area contributed by atoms with Gasteiger partial charge in [0.15, 0.2) is 0 Å². The minimum absolute atomic E-state index is 0.0997. The number of hydrogen-bond donors (Lipinski definition) is 2. The monoisotopic (exact) mass is 283 g/mol. The van der Waals surface area contributed by atoms with Gasteiger partial charge in [-0.15, -0.1) is 0 Å². The van der Waals surface area contributed by atoms with Gasteiger partial charge in [-0.3, -0.25) is 0 Å². The standard InChI is InChI=1S/C11H20F3N3O2/c12-11(13,14)8-19-7-1-4-17-5-2-9(3-6-17)10(15)16-18/h9,18H,1-8H2,(H2,15,16). The molecule has 0 aromatic carbocycles. The molecule has 0 saturated carbocycles. The summed E-state index contributed by atoms with van der Waals surface area (Å²) in [7, 11) is 0. The third-order valence-electron chi connectivity index (χ3n) is 3.15. The van der Waals surface area contributed by atoms with Crippen molar-refractivity contribution in [2.75, 3.05) is 32.8 Å². The van der Waals surface area contributed by atoms with Crippen LogP contribution in [0.2, 0.25) is 0 Å². The van der Waals surface area contributed by atoms with E-state index in [4.69, 9.17) is 10.9 Å². The van der Waals surface area contributed by atoms with Crippen LogP contribution < -0.4 is 5.73 Å². The first kappa shape index (κ1) is 16.0. The zero-order valence-corrected chi connectivity index (χ0v) is 10.7. The van der Waals surface area contributed by atoms with E-state index in [1.165, 1.54) is 0 Å². The minimum atomic E-state index is -4.25. The third-order valence-corrected chi connectivity index (χ3v) is 3.15. The summed E-state index contributed by atoms with van der Waals surface area (Å²) in [6, 6.07) is 0. The second-order valence-corrected chi connectivity index (χ2v) is 4.66. The fraction of sp³-hybridized carbons (Fsp3) is 0.909. The smallest absolute Gasteiger partial charge is 0.409 e. The second kappa shape index (κ2) is 7.54. The molecule has 1 rings (SSSR count). The van der Waals surface area contributed by atoms with Crippen molar-refractivity contribution in [2.24, 2.45) is 16.8 Å². The number of nitrogens with two attached hydrogens (primary N) is 1. The Labute approximate surface area is 110 Å². The van der Waals surface area contributed by atoms with E-state index in [2.05, 4.69) is 14.8 Å². The summed E-state index contributed by atoms with van der Waals surface area (Å²) in [6.45, 7) is 1.25. The average Bonchev–Trinajstić information content (AvgIpc) is 2.37. The highest BCUT2D eigenvalue weighted by Crippen LogP contribution is 2.17. The summed E-state index contributed by atoms with van der Waals surface area (Å²) in [5.41, 5.74) is 5.53. The molecule has 0 aliphatic carbocycles. The molecule has 0 amide bonds. The van der Waals surface area contributed by atoms with Crippen LogP contribution in [0.15, 0.2) is 5.16 Å². The Kier molecular flexibility index (Phi) is 6.36. The van der Waals surface area contributed by atoms with Gasteiger partial charge in [0.1, 0.15) is 12.4 Å². The van der Waals surface area contributed by atoms with Crippen molar-refractivity contribution < 1.29 is 23.1 Å². The van der Waals surface area contributed by atoms with Gasteiger partial charge in [-0.2, -0.15) is 13.2 Å². The van der Waals surface area contributed by atoms with Gasteiger partial charge in [0, 0.05) is 19.1 Å². The van der Waals surface area contributed by atoms with E-state index in [-0.39, 0.29) is 18.4 Å². The van der Waals surface area contributed by atoms with Crippen molar-refractivity contribution in [1.82, 2.24) is 4.90 Å². The molecule has 1 heterocycles. The molecule has 0 aromatic heterocycles. The summed E-state index contributed by atoms with van der Waals surface area (Å²) in [5.74, 6) is 0.357. The third kappa shape index (κ3) is 6.63. The Bertz CT molecular complexity index is 289. The van der Waals surface area contributed by atoms with E-state index in [0.29, 0.717) is 13.0 Å². The number of ether oxygens (including phenoxy) is 1. The Hall–Kier alpha value is -1.02. The highest BCUT2D eigenvalue weighted by Gasteiger charge is 2.27. The first-order chi connectivity index (χ1) is 8.92. The maximum absolute atomic E-state index is 11.8. The van der Waals surface area contributed by atoms with Crippen molar-refractivity contribution in [2.45, 2.75) is 25.4 Å². The number of nitrogens with zero attached hydrogens (tertiary/aromatic N) is 2. The molecule has 0 spiro atoms. The van der Waals surface area contributed by atoms with Crippen LogP contribution >= 0.6 is 0 Å². The first-order valence-corrected chi connectivity index (χ1v) is 6.26. The van der Waals surface area contributed by atoms with Crippen molar-refractivity contribution in [1.29, 1.82) is 0 Å². The Morgan fingerprint density at radius 1 is 1.37 bits per heavy atom. The van der Waals surface area contributed by atoms with Gasteiger partial charge in [-0.05, 0) is 32.4 Å². The Morgan fingerprint density at radius 3 is 2.53 bits per heavy atom. The van der Waals surface area contributed by atoms with E-state index in [9.17, 15) is 13.2 Å². The van der Waals surface area contributed by atoms with E-state index in [1.54, 1.807) is 0 Å². The number of piperidine rings is 1. The van der Waals surface area contributed by atoms with Crippen LogP contribution in [0.3, 0.4) is 0 Å². The van der Waals surface area contributed by atoms with E-state index in [1.807, 2.05) is 0 Å². The van der Waals surface area contributed by atoms with Crippen LogP contribution in [0.4, 0.5) is 13.2 Å². The molecular weight excluding hydrogens is 263 g/mol. The van der Waals surface area contributed by atoms with Crippen LogP contribution in [0, 0.1) is 5.92 Å². The highest BCUT2D eigenvalue weighted by atomic mass is 19.4. The van der Waals surface area contributed by atoms with E-state index >= 15 is 0 Å². The predicted octanol–water partition coefficient (Wildman–Crippen LogP) is 1.41. The molecule has 112 valence electrons. The number of alkyl halides is 3. The van der Waals surface area contributed by atoms with Crippen LogP contribution in [0.5, 0.6) is 0 Å². The first-order valence-electron chi connectivity index (χ1n) is 6.26. The van der Waals surface area contributed by atoms with Crippen LogP contribution in [-0.4, -0.2) is 55.0 Å². The van der Waals surface area contributed by atoms with Crippen LogP contribution in [-0.2, 0) is 4.74 Å². The lowest BCUT2D eigenvalue weighted by Gasteiger charge is -2.31. The maximum atomic E-state index is 11.8. The lowest BCUT2D eigenvalue weighted by atomic mass is 9.96. The quantitative estimate of drug-likeness (QED) is 0.254. The Balaban J connectivity index is 2.07. The summed E-state index contributed by atoms with van der Waals surface area (Å²) >= 11 is 0. The molecule has 0 unspecified atom stereocenters. The molecular formula is C11H20F3N3O2. The molecule has 5 nitrogen and oxygen atoms in total. The number of halogens is 3. The van der Waals surface area contributed by atoms with E-state index in [0.717, 1.165) is 25.9 Å². The van der Waals surface area contributed by atoms with Gasteiger partial charge in [-0.1, -0.05) is 5.16 Å². The van der Waals surface area contributed by atoms with Gasteiger partial charge in [0.2, 0.25) is 0 Å². The molecule has 0 aromatic rings. The van der Waals surface area contributed by atoms with Gasteiger partial charge in [0.05, 0.1) is 0 Å². The molecule has 1 aliphatic heterocycles. The summed E-state index contributed by atoms with van der Waals surface area (Å²) in [4.78, 5) is 2.15. The summed E-state index contributed by atoms with van der Waals surface area (Å²) in [5, 5.41) is 11.6. The van der Waals surface area contributed by atoms with Gasteiger partial charge < -0.3 is 20.6 Å². The highest BCUT2D eigenvalue weighted by molar-refractivity contribution is 5.82. The number of hydrogen-bond acceptors (Lipinski definition) is 4. The van der Waals surface area contributed by atoms with Crippen LogP contribution in [0.1, 0.15) is 19.3 Å². The number of likely N-dealkylation sites (tertiary alicyclic amines) is 1. The predicted molar refractivity (Wildman–Crippen MR) is 64.1 cm³/mol. The van der Waals surface area contributed by atoms with E-state index < -0.39 is 12.8 Å². The maximum Gasteiger partial charge on any atom is 0.411 e. The minimum Gasteiger partial charge on any atom is -0.409 e. The second-order valence-electron chi connectivity index (χ2n) is 4.66. The molecule has 1 saturated heterocycles. The van der Waals surface area contributed by atoms with Crippen molar-refractivity contribution in [3.05, 3.63) is 0 Å². The fourth-order valence-corrected chi connectivity index (χ4v) is 2.11. The van der Waals surface area contributed by atoms with Gasteiger partial charge >= 0.3 is 6.18 Å². The SMILES string of the molecule is NC(=NO)C1CCN(CCCOCC(F)(F)F)CC1. The van der Waals surface area contributed by atoms with Gasteiger partial charge in [0.25, 0.3) is 0 Å². The average molecular weight is 283 g/mol. The molecule has 0 atom stereocenters. The molecule has 1 aliphatic rings. The van der Waals surface area contributed by atoms with Crippen molar-refractivity contribution >= 4 is 5.84 Å². The molecule has 3 N–H and O–H groups in total. The summed E-state index contributed by atoms with van der Waals surface area (Å²) in [6.07, 6.45) is -2.07. The van der Waals surface area contributed by atoms with Crippen molar-refractivity contribution in [3.63, 3.8) is 0 Å². The van der Waals surface area contributed by atoms with Gasteiger partial charge in [-0.25, -0.2) is 0 Å². The van der Waals surface area contributed by atoms with Crippen LogP contribution in [0.25, 0.3) is 0 Å². The lowest BCUT2D eigenvalue weighted by Crippen LogP contribution is -2.39. The normalized spacial score (nSPS) is 19.8. The molecule has 1 fully saturated rings. The summed E-state index contributed by atoms with van der Waals surface area (Å²) < 4.78 is 40.0. The fourth-order valence-electron chi connectivity index (χ4n) is 2.11. The molecule has 0 bridgehead atoms. The molecule has 0 radical (unpaired) electrons. The van der Waals surface area contributed by atoms with Crippen molar-refractivity contribution in [3.8, 4) is 0 Å². The molecule has 8 heteroatoms. The lowest BCUT2D eigenvalue weighted by molar-refractivity contribution is -0.174. The largest absolute Gasteiger partial charge is 0.411 e. The number of oxime groups is 1. The zero-order valence-electron chi connectivity index (χ0n) is 10.7. The Morgan fingerprint density at radius 2 is 2.00 bits per heavy atom. The number of rotatable bonds is 6. The zero-order chi connectivity index (χ0) is 14.3. The topological polar surface area (TPSA) is 71.1 Å². The molecule has 19 heavy (non-hydrogen) atoms.